The van der Waals surface area contributed by atoms with Gasteiger partial charge < -0.3 is 20.1 Å². The van der Waals surface area contributed by atoms with E-state index >= 15 is 0 Å². The highest BCUT2D eigenvalue weighted by atomic mass is 16.6. The van der Waals surface area contributed by atoms with E-state index in [0.29, 0.717) is 36.8 Å². The van der Waals surface area contributed by atoms with E-state index in [1.807, 2.05) is 0 Å². The van der Waals surface area contributed by atoms with Crippen LogP contribution < -0.4 is 15.2 Å². The normalized spacial score (nSPS) is 22.1. The van der Waals surface area contributed by atoms with Gasteiger partial charge in [0.05, 0.1) is 0 Å². The largest absolute Gasteiger partial charge is 0.486 e. The van der Waals surface area contributed by atoms with Gasteiger partial charge in [-0.05, 0) is 24.6 Å². The van der Waals surface area contributed by atoms with Crippen molar-refractivity contribution in [2.24, 2.45) is 5.73 Å². The highest BCUT2D eigenvalue weighted by Crippen LogP contribution is 2.31. The van der Waals surface area contributed by atoms with Crippen LogP contribution in [0, 0.1) is 0 Å². The van der Waals surface area contributed by atoms with Gasteiger partial charge in [-0.3, -0.25) is 4.79 Å². The van der Waals surface area contributed by atoms with Crippen molar-refractivity contribution in [3.05, 3.63) is 23.8 Å². The van der Waals surface area contributed by atoms with Crippen molar-refractivity contribution < 1.29 is 14.3 Å². The first-order valence-electron chi connectivity index (χ1n) is 6.18. The summed E-state index contributed by atoms with van der Waals surface area (Å²) in [6.45, 7) is 2.45. The monoisotopic (exact) mass is 248 g/mol. The van der Waals surface area contributed by atoms with Gasteiger partial charge in [0.25, 0.3) is 5.91 Å². The van der Waals surface area contributed by atoms with Crippen molar-refractivity contribution in [1.29, 1.82) is 0 Å². The van der Waals surface area contributed by atoms with E-state index in [2.05, 4.69) is 0 Å². The predicted octanol–water partition coefficient (Wildman–Crippen LogP) is 0.631. The Morgan fingerprint density at radius 3 is 2.78 bits per heavy atom. The average Bonchev–Trinajstić information content (AvgIpc) is 2.84. The first-order valence-corrected chi connectivity index (χ1v) is 6.18. The van der Waals surface area contributed by atoms with Crippen LogP contribution in [0.25, 0.3) is 0 Å². The third-order valence-corrected chi connectivity index (χ3v) is 3.30. The molecule has 1 saturated heterocycles. The number of amides is 1. The molecule has 1 fully saturated rings. The maximum atomic E-state index is 12.3. The van der Waals surface area contributed by atoms with Crippen molar-refractivity contribution in [1.82, 2.24) is 4.90 Å². The van der Waals surface area contributed by atoms with Gasteiger partial charge in [0, 0.05) is 24.7 Å². The Hall–Kier alpha value is -1.75. The number of ether oxygens (including phenoxy) is 2. The van der Waals surface area contributed by atoms with Gasteiger partial charge in [-0.25, -0.2) is 0 Å². The van der Waals surface area contributed by atoms with Crippen molar-refractivity contribution in [2.75, 3.05) is 26.3 Å². The van der Waals surface area contributed by atoms with E-state index in [-0.39, 0.29) is 11.9 Å². The summed E-state index contributed by atoms with van der Waals surface area (Å²) in [4.78, 5) is 14.0. The third kappa shape index (κ3) is 2.01. The zero-order chi connectivity index (χ0) is 12.5. The molecule has 1 aromatic carbocycles. The maximum Gasteiger partial charge on any atom is 0.254 e. The van der Waals surface area contributed by atoms with Crippen LogP contribution >= 0.6 is 0 Å². The van der Waals surface area contributed by atoms with Crippen LogP contribution in [-0.2, 0) is 0 Å². The lowest BCUT2D eigenvalue weighted by Crippen LogP contribution is -2.32. The highest BCUT2D eigenvalue weighted by molar-refractivity contribution is 5.95. The molecule has 2 N–H and O–H groups in total. The molecule has 1 amide bonds. The lowest BCUT2D eigenvalue weighted by atomic mass is 10.1. The topological polar surface area (TPSA) is 64.8 Å². The minimum Gasteiger partial charge on any atom is -0.486 e. The zero-order valence-corrected chi connectivity index (χ0v) is 10.1. The lowest BCUT2D eigenvalue weighted by molar-refractivity contribution is 0.0789. The van der Waals surface area contributed by atoms with Crippen molar-refractivity contribution >= 4 is 5.91 Å². The van der Waals surface area contributed by atoms with E-state index in [1.165, 1.54) is 0 Å². The molecule has 0 radical (unpaired) electrons. The van der Waals surface area contributed by atoms with Gasteiger partial charge in [-0.15, -0.1) is 0 Å². The first-order chi connectivity index (χ1) is 8.74. The number of carbonyl (C=O) groups excluding carboxylic acids is 1. The number of benzene rings is 1. The molecule has 1 unspecified atom stereocenters. The maximum absolute atomic E-state index is 12.3. The van der Waals surface area contributed by atoms with Crippen LogP contribution in [0.4, 0.5) is 0 Å². The summed E-state index contributed by atoms with van der Waals surface area (Å²) in [5.41, 5.74) is 6.45. The fourth-order valence-corrected chi connectivity index (χ4v) is 2.33. The molecule has 18 heavy (non-hydrogen) atoms. The van der Waals surface area contributed by atoms with Gasteiger partial charge in [-0.2, -0.15) is 0 Å². The van der Waals surface area contributed by atoms with Gasteiger partial charge >= 0.3 is 0 Å². The second kappa shape index (κ2) is 4.49. The highest BCUT2D eigenvalue weighted by Gasteiger charge is 2.25. The SMILES string of the molecule is NC1CCN(C(=O)c2ccc3c(c2)OCCO3)C1. The molecule has 3 rings (SSSR count). The summed E-state index contributed by atoms with van der Waals surface area (Å²) in [6, 6.07) is 5.42. The summed E-state index contributed by atoms with van der Waals surface area (Å²) in [7, 11) is 0. The molecule has 0 spiro atoms. The van der Waals surface area contributed by atoms with Crippen LogP contribution in [0.1, 0.15) is 16.8 Å². The standard InChI is InChI=1S/C13H16N2O3/c14-10-3-4-15(8-10)13(16)9-1-2-11-12(7-9)18-6-5-17-11/h1-2,7,10H,3-6,8,14H2. The van der Waals surface area contributed by atoms with Gasteiger partial charge in [-0.1, -0.05) is 0 Å². The van der Waals surface area contributed by atoms with Crippen LogP contribution in [0.2, 0.25) is 0 Å². The Balaban J connectivity index is 1.81. The molecule has 2 heterocycles. The average molecular weight is 248 g/mol. The second-order valence-corrected chi connectivity index (χ2v) is 4.66. The quantitative estimate of drug-likeness (QED) is 0.791. The molecule has 2 aliphatic heterocycles. The Morgan fingerprint density at radius 1 is 1.28 bits per heavy atom. The minimum atomic E-state index is 0.0138. The Kier molecular flexibility index (Phi) is 2.83. The molecule has 0 saturated carbocycles. The summed E-state index contributed by atoms with van der Waals surface area (Å²) in [5.74, 6) is 1.37. The molecule has 0 aliphatic carbocycles. The number of likely N-dealkylation sites (tertiary alicyclic amines) is 1. The van der Waals surface area contributed by atoms with Gasteiger partial charge in [0.2, 0.25) is 0 Å². The number of nitrogens with two attached hydrogens (primary N) is 1. The molecular weight excluding hydrogens is 232 g/mol. The van der Waals surface area contributed by atoms with Crippen molar-refractivity contribution in [2.45, 2.75) is 12.5 Å². The molecule has 2 aliphatic rings. The molecule has 96 valence electrons. The van der Waals surface area contributed by atoms with Crippen LogP contribution in [0.3, 0.4) is 0 Å². The van der Waals surface area contributed by atoms with Crippen LogP contribution in [0.5, 0.6) is 11.5 Å². The number of carbonyl (C=O) groups is 1. The lowest BCUT2D eigenvalue weighted by Gasteiger charge is -2.20. The number of fused-ring (bicyclic) bond motifs is 1. The molecule has 0 bridgehead atoms. The van der Waals surface area contributed by atoms with Gasteiger partial charge in [0.15, 0.2) is 11.5 Å². The van der Waals surface area contributed by atoms with Crippen molar-refractivity contribution in [3.63, 3.8) is 0 Å². The second-order valence-electron chi connectivity index (χ2n) is 4.66. The third-order valence-electron chi connectivity index (χ3n) is 3.30. The zero-order valence-electron chi connectivity index (χ0n) is 10.1. The summed E-state index contributed by atoms with van der Waals surface area (Å²) < 4.78 is 10.9. The molecule has 5 heteroatoms. The molecular formula is C13H16N2O3. The molecule has 1 atom stereocenters. The molecule has 0 aromatic heterocycles. The van der Waals surface area contributed by atoms with Crippen molar-refractivity contribution in [3.8, 4) is 11.5 Å². The Morgan fingerprint density at radius 2 is 2.06 bits per heavy atom. The van der Waals surface area contributed by atoms with Crippen LogP contribution in [-0.4, -0.2) is 43.2 Å². The number of hydrogen-bond donors (Lipinski definition) is 1. The smallest absolute Gasteiger partial charge is 0.254 e. The molecule has 5 nitrogen and oxygen atoms in total. The summed E-state index contributed by atoms with van der Waals surface area (Å²) in [6.07, 6.45) is 0.871. The van der Waals surface area contributed by atoms with E-state index in [4.69, 9.17) is 15.2 Å². The fraction of sp³-hybridized carbons (Fsp3) is 0.462. The number of nitrogens with zero attached hydrogens (tertiary/aromatic N) is 1. The minimum absolute atomic E-state index is 0.0138. The Labute approximate surface area is 105 Å². The first kappa shape index (κ1) is 11.3. The molecule has 1 aromatic rings. The van der Waals surface area contributed by atoms with Gasteiger partial charge in [0.1, 0.15) is 13.2 Å². The van der Waals surface area contributed by atoms with E-state index in [9.17, 15) is 4.79 Å². The Bertz CT molecular complexity index is 475. The van der Waals surface area contributed by atoms with E-state index < -0.39 is 0 Å². The number of hydrogen-bond acceptors (Lipinski definition) is 4. The fourth-order valence-electron chi connectivity index (χ4n) is 2.33. The summed E-state index contributed by atoms with van der Waals surface area (Å²) >= 11 is 0. The number of rotatable bonds is 1. The summed E-state index contributed by atoms with van der Waals surface area (Å²) in [5, 5.41) is 0. The van der Waals surface area contributed by atoms with E-state index in [0.717, 1.165) is 13.0 Å². The van der Waals surface area contributed by atoms with E-state index in [1.54, 1.807) is 23.1 Å². The van der Waals surface area contributed by atoms with Crippen LogP contribution in [0.15, 0.2) is 18.2 Å². The predicted molar refractivity (Wildman–Crippen MR) is 65.9 cm³/mol.